The third kappa shape index (κ3) is 1.45. The van der Waals surface area contributed by atoms with Crippen LogP contribution in [-0.4, -0.2) is 21.6 Å². The van der Waals surface area contributed by atoms with Crippen LogP contribution in [-0.2, 0) is 6.42 Å². The third-order valence-corrected chi connectivity index (χ3v) is 2.46. The molecule has 0 spiro atoms. The molecule has 1 radical (unpaired) electrons. The van der Waals surface area contributed by atoms with Crippen molar-refractivity contribution in [2.75, 3.05) is 17.6 Å². The van der Waals surface area contributed by atoms with E-state index >= 15 is 0 Å². The Morgan fingerprint density at radius 1 is 1.57 bits per heavy atom. The molecule has 0 aromatic carbocycles. The second-order valence-electron chi connectivity index (χ2n) is 3.47. The highest BCUT2D eigenvalue weighted by Gasteiger charge is 2.22. The van der Waals surface area contributed by atoms with Crippen LogP contribution in [0.3, 0.4) is 0 Å². The number of aromatic nitrogens is 2. The summed E-state index contributed by atoms with van der Waals surface area (Å²) < 4.78 is 0. The molecule has 14 heavy (non-hydrogen) atoms. The lowest BCUT2D eigenvalue weighted by molar-refractivity contribution is 0.432. The summed E-state index contributed by atoms with van der Waals surface area (Å²) in [6, 6.07) is 0. The average Bonchev–Trinajstić information content (AvgIpc) is 2.17. The molecule has 1 unspecified atom stereocenters. The quantitative estimate of drug-likeness (QED) is 0.607. The van der Waals surface area contributed by atoms with Gasteiger partial charge in [-0.3, -0.25) is 0 Å². The van der Waals surface area contributed by atoms with Crippen molar-refractivity contribution in [1.82, 2.24) is 9.97 Å². The van der Waals surface area contributed by atoms with E-state index in [2.05, 4.69) is 22.2 Å². The zero-order valence-electron chi connectivity index (χ0n) is 7.82. The molecule has 1 aromatic heterocycles. The minimum absolute atomic E-state index is 0.0156. The summed E-state index contributed by atoms with van der Waals surface area (Å²) in [4.78, 5) is 7.74. The second-order valence-corrected chi connectivity index (χ2v) is 3.47. The van der Waals surface area contributed by atoms with Crippen LogP contribution in [0.15, 0.2) is 0 Å². The van der Waals surface area contributed by atoms with E-state index in [-0.39, 0.29) is 11.8 Å². The van der Waals surface area contributed by atoms with Gasteiger partial charge in [0.25, 0.3) is 0 Å². The van der Waals surface area contributed by atoms with Gasteiger partial charge in [-0.1, -0.05) is 6.92 Å². The SMILES string of the molecule is [CH2]CC1CNc2nc(N)nc(O)c2C1. The first kappa shape index (κ1) is 9.05. The van der Waals surface area contributed by atoms with Crippen molar-refractivity contribution in [3.63, 3.8) is 0 Å². The topological polar surface area (TPSA) is 84.1 Å². The zero-order valence-corrected chi connectivity index (χ0v) is 7.82. The summed E-state index contributed by atoms with van der Waals surface area (Å²) in [5.74, 6) is 1.17. The average molecular weight is 193 g/mol. The van der Waals surface area contributed by atoms with Crippen LogP contribution >= 0.6 is 0 Å². The number of rotatable bonds is 1. The van der Waals surface area contributed by atoms with Crippen LogP contribution in [0, 0.1) is 12.8 Å². The van der Waals surface area contributed by atoms with Crippen molar-refractivity contribution in [2.24, 2.45) is 5.92 Å². The standard InChI is InChI=1S/C9H13N4O/c1-2-5-3-6-7(11-4-5)12-9(10)13-8(6)14/h5H,1-4H2,(H4,10,11,12,13,14). The lowest BCUT2D eigenvalue weighted by atomic mass is 9.94. The molecular formula is C9H13N4O. The maximum Gasteiger partial charge on any atom is 0.225 e. The Balaban J connectivity index is 2.37. The van der Waals surface area contributed by atoms with Gasteiger partial charge in [0.1, 0.15) is 5.82 Å². The predicted molar refractivity (Wildman–Crippen MR) is 53.8 cm³/mol. The van der Waals surface area contributed by atoms with E-state index in [1.165, 1.54) is 0 Å². The number of anilines is 2. The molecular weight excluding hydrogens is 180 g/mol. The maximum absolute atomic E-state index is 9.56. The fraction of sp³-hybridized carbons (Fsp3) is 0.444. The van der Waals surface area contributed by atoms with Crippen LogP contribution < -0.4 is 11.1 Å². The molecule has 0 bridgehead atoms. The Kier molecular flexibility index (Phi) is 2.15. The number of fused-ring (bicyclic) bond motifs is 1. The van der Waals surface area contributed by atoms with Crippen LogP contribution in [0.1, 0.15) is 12.0 Å². The number of nitrogens with two attached hydrogens (primary N) is 1. The van der Waals surface area contributed by atoms with Gasteiger partial charge < -0.3 is 16.2 Å². The number of nitrogen functional groups attached to an aromatic ring is 1. The Morgan fingerprint density at radius 2 is 2.36 bits per heavy atom. The van der Waals surface area contributed by atoms with E-state index in [1.807, 2.05) is 0 Å². The predicted octanol–water partition coefficient (Wildman–Crippen LogP) is 0.573. The van der Waals surface area contributed by atoms with Crippen molar-refractivity contribution in [2.45, 2.75) is 12.8 Å². The molecule has 2 rings (SSSR count). The largest absolute Gasteiger partial charge is 0.493 e. The smallest absolute Gasteiger partial charge is 0.225 e. The lowest BCUT2D eigenvalue weighted by Crippen LogP contribution is -2.24. The summed E-state index contributed by atoms with van der Waals surface area (Å²) in [6.07, 6.45) is 1.59. The van der Waals surface area contributed by atoms with Crippen LogP contribution in [0.25, 0.3) is 0 Å². The lowest BCUT2D eigenvalue weighted by Gasteiger charge is -2.24. The van der Waals surface area contributed by atoms with Crippen molar-refractivity contribution >= 4 is 11.8 Å². The van der Waals surface area contributed by atoms with Crippen molar-refractivity contribution < 1.29 is 5.11 Å². The summed E-state index contributed by atoms with van der Waals surface area (Å²) in [5, 5.41) is 12.7. The van der Waals surface area contributed by atoms with Gasteiger partial charge in [-0.25, -0.2) is 0 Å². The van der Waals surface area contributed by atoms with Crippen molar-refractivity contribution in [3.05, 3.63) is 12.5 Å². The van der Waals surface area contributed by atoms with Gasteiger partial charge in [0.05, 0.1) is 5.56 Å². The normalized spacial score (nSPS) is 19.9. The van der Waals surface area contributed by atoms with E-state index in [9.17, 15) is 5.11 Å². The molecule has 0 aliphatic carbocycles. The van der Waals surface area contributed by atoms with Gasteiger partial charge in [0.15, 0.2) is 0 Å². The highest BCUT2D eigenvalue weighted by molar-refractivity contribution is 5.53. The number of hydrogen-bond acceptors (Lipinski definition) is 5. The Bertz CT molecular complexity index is 353. The Morgan fingerprint density at radius 3 is 3.07 bits per heavy atom. The number of nitrogens with one attached hydrogen (secondary N) is 1. The van der Waals surface area contributed by atoms with E-state index in [1.54, 1.807) is 0 Å². The molecule has 2 heterocycles. The molecule has 4 N–H and O–H groups in total. The van der Waals surface area contributed by atoms with Crippen LogP contribution in [0.5, 0.6) is 5.88 Å². The van der Waals surface area contributed by atoms with Gasteiger partial charge in [-0.15, -0.1) is 0 Å². The first-order valence-corrected chi connectivity index (χ1v) is 4.59. The van der Waals surface area contributed by atoms with Crippen molar-refractivity contribution in [1.29, 1.82) is 0 Å². The van der Waals surface area contributed by atoms with Gasteiger partial charge in [-0.05, 0) is 18.8 Å². The van der Waals surface area contributed by atoms with E-state index in [0.29, 0.717) is 11.7 Å². The Labute approximate surface area is 82.4 Å². The summed E-state index contributed by atoms with van der Waals surface area (Å²) in [7, 11) is 0. The Hall–Kier alpha value is -1.52. The monoisotopic (exact) mass is 193 g/mol. The van der Waals surface area contributed by atoms with Gasteiger partial charge in [-0.2, -0.15) is 9.97 Å². The molecule has 0 saturated heterocycles. The van der Waals surface area contributed by atoms with Crippen LogP contribution in [0.2, 0.25) is 0 Å². The summed E-state index contributed by atoms with van der Waals surface area (Å²) in [6.45, 7) is 4.67. The summed E-state index contributed by atoms with van der Waals surface area (Å²) in [5.41, 5.74) is 6.16. The van der Waals surface area contributed by atoms with E-state index < -0.39 is 0 Å². The molecule has 1 aliphatic rings. The molecule has 1 atom stereocenters. The molecule has 5 nitrogen and oxygen atoms in total. The van der Waals surface area contributed by atoms with Gasteiger partial charge >= 0.3 is 0 Å². The molecule has 0 fully saturated rings. The molecule has 0 saturated carbocycles. The number of hydrogen-bond donors (Lipinski definition) is 3. The van der Waals surface area contributed by atoms with Crippen LogP contribution in [0.4, 0.5) is 11.8 Å². The fourth-order valence-electron chi connectivity index (χ4n) is 1.63. The molecule has 1 aliphatic heterocycles. The van der Waals surface area contributed by atoms with Gasteiger partial charge in [0, 0.05) is 6.54 Å². The van der Waals surface area contributed by atoms with E-state index in [0.717, 1.165) is 24.9 Å². The van der Waals surface area contributed by atoms with Gasteiger partial charge in [0.2, 0.25) is 11.8 Å². The summed E-state index contributed by atoms with van der Waals surface area (Å²) >= 11 is 0. The molecule has 5 heteroatoms. The minimum atomic E-state index is -0.0156. The highest BCUT2D eigenvalue weighted by atomic mass is 16.3. The fourth-order valence-corrected chi connectivity index (χ4v) is 1.63. The first-order valence-electron chi connectivity index (χ1n) is 4.59. The second kappa shape index (κ2) is 3.32. The van der Waals surface area contributed by atoms with Crippen molar-refractivity contribution in [3.8, 4) is 5.88 Å². The third-order valence-electron chi connectivity index (χ3n) is 2.46. The molecule has 0 amide bonds. The maximum atomic E-state index is 9.56. The van der Waals surface area contributed by atoms with E-state index in [4.69, 9.17) is 5.73 Å². The number of aromatic hydroxyl groups is 1. The molecule has 75 valence electrons. The zero-order chi connectivity index (χ0) is 10.1. The minimum Gasteiger partial charge on any atom is -0.493 e. The first-order chi connectivity index (χ1) is 6.70. The molecule has 1 aromatic rings. The highest BCUT2D eigenvalue weighted by Crippen LogP contribution is 2.30. The number of nitrogens with zero attached hydrogens (tertiary/aromatic N) is 2.